The van der Waals surface area contributed by atoms with E-state index in [1.54, 1.807) is 21.3 Å². The number of hydrogen-bond acceptors (Lipinski definition) is 4. The normalized spacial score (nSPS) is 15.1. The Kier molecular flexibility index (Phi) is 3.97. The van der Waals surface area contributed by atoms with Gasteiger partial charge < -0.3 is 14.2 Å². The summed E-state index contributed by atoms with van der Waals surface area (Å²) in [7, 11) is 4.99. The number of ether oxygens (including phenoxy) is 3. The average Bonchev–Trinajstić information content (AvgIpc) is 2.44. The van der Waals surface area contributed by atoms with E-state index in [0.717, 1.165) is 37.6 Å². The SMILES string of the molecule is CCN1CCc2cc(OC)c(OC)c(OC)c2C1. The molecule has 0 unspecified atom stereocenters. The van der Waals surface area contributed by atoms with E-state index < -0.39 is 0 Å². The molecule has 2 rings (SSSR count). The molecule has 0 fully saturated rings. The minimum Gasteiger partial charge on any atom is -0.493 e. The van der Waals surface area contributed by atoms with Crippen LogP contribution in [0.5, 0.6) is 17.2 Å². The van der Waals surface area contributed by atoms with E-state index >= 15 is 0 Å². The lowest BCUT2D eigenvalue weighted by Gasteiger charge is -2.30. The first kappa shape index (κ1) is 13.0. The number of benzene rings is 1. The smallest absolute Gasteiger partial charge is 0.203 e. The number of nitrogens with zero attached hydrogens (tertiary/aromatic N) is 1. The van der Waals surface area contributed by atoms with Gasteiger partial charge in [-0.15, -0.1) is 0 Å². The molecule has 100 valence electrons. The molecule has 0 aliphatic carbocycles. The van der Waals surface area contributed by atoms with Gasteiger partial charge >= 0.3 is 0 Å². The first-order valence-electron chi connectivity index (χ1n) is 6.28. The fourth-order valence-electron chi connectivity index (χ4n) is 2.51. The molecule has 0 saturated heterocycles. The third kappa shape index (κ3) is 2.12. The van der Waals surface area contributed by atoms with Crippen molar-refractivity contribution in [3.05, 3.63) is 17.2 Å². The quantitative estimate of drug-likeness (QED) is 0.820. The first-order valence-corrected chi connectivity index (χ1v) is 6.28. The van der Waals surface area contributed by atoms with Crippen LogP contribution in [0.1, 0.15) is 18.1 Å². The molecule has 1 aliphatic heterocycles. The monoisotopic (exact) mass is 251 g/mol. The lowest BCUT2D eigenvalue weighted by atomic mass is 9.97. The highest BCUT2D eigenvalue weighted by atomic mass is 16.5. The molecular weight excluding hydrogens is 230 g/mol. The van der Waals surface area contributed by atoms with Gasteiger partial charge in [-0.3, -0.25) is 4.90 Å². The second-order valence-corrected chi connectivity index (χ2v) is 4.40. The molecule has 0 amide bonds. The van der Waals surface area contributed by atoms with E-state index in [1.807, 2.05) is 0 Å². The predicted molar refractivity (Wildman–Crippen MR) is 70.8 cm³/mol. The summed E-state index contributed by atoms with van der Waals surface area (Å²) >= 11 is 0. The minimum absolute atomic E-state index is 0.691. The molecule has 0 spiro atoms. The molecule has 0 N–H and O–H groups in total. The van der Waals surface area contributed by atoms with Crippen LogP contribution in [0.4, 0.5) is 0 Å². The highest BCUT2D eigenvalue weighted by molar-refractivity contribution is 5.59. The van der Waals surface area contributed by atoms with Crippen molar-refractivity contribution in [2.75, 3.05) is 34.4 Å². The summed E-state index contributed by atoms with van der Waals surface area (Å²) in [5.41, 5.74) is 2.53. The zero-order valence-electron chi connectivity index (χ0n) is 11.6. The summed E-state index contributed by atoms with van der Waals surface area (Å²) < 4.78 is 16.3. The van der Waals surface area contributed by atoms with Gasteiger partial charge in [0, 0.05) is 18.7 Å². The number of rotatable bonds is 4. The van der Waals surface area contributed by atoms with Gasteiger partial charge in [-0.1, -0.05) is 6.92 Å². The third-order valence-corrected chi connectivity index (χ3v) is 3.55. The molecule has 0 aromatic heterocycles. The zero-order valence-corrected chi connectivity index (χ0v) is 11.6. The number of methoxy groups -OCH3 is 3. The van der Waals surface area contributed by atoms with Gasteiger partial charge in [0.1, 0.15) is 0 Å². The largest absolute Gasteiger partial charge is 0.493 e. The first-order chi connectivity index (χ1) is 8.74. The Balaban J connectivity index is 2.52. The summed E-state index contributed by atoms with van der Waals surface area (Å²) in [4.78, 5) is 2.40. The van der Waals surface area contributed by atoms with E-state index in [0.29, 0.717) is 5.75 Å². The molecule has 18 heavy (non-hydrogen) atoms. The van der Waals surface area contributed by atoms with Crippen molar-refractivity contribution in [1.82, 2.24) is 4.90 Å². The topological polar surface area (TPSA) is 30.9 Å². The molecule has 0 bridgehead atoms. The second kappa shape index (κ2) is 5.48. The molecule has 4 nitrogen and oxygen atoms in total. The van der Waals surface area contributed by atoms with E-state index in [-0.39, 0.29) is 0 Å². The number of fused-ring (bicyclic) bond motifs is 1. The van der Waals surface area contributed by atoms with Crippen molar-refractivity contribution >= 4 is 0 Å². The van der Waals surface area contributed by atoms with Crippen molar-refractivity contribution in [2.24, 2.45) is 0 Å². The minimum atomic E-state index is 0.691. The lowest BCUT2D eigenvalue weighted by molar-refractivity contribution is 0.255. The average molecular weight is 251 g/mol. The molecular formula is C14H21NO3. The maximum absolute atomic E-state index is 5.54. The Hall–Kier alpha value is -1.42. The highest BCUT2D eigenvalue weighted by Crippen LogP contribution is 2.43. The molecule has 1 heterocycles. The maximum atomic E-state index is 5.54. The molecule has 0 saturated carbocycles. The van der Waals surface area contributed by atoms with E-state index in [4.69, 9.17) is 14.2 Å². The van der Waals surface area contributed by atoms with Crippen molar-refractivity contribution in [1.29, 1.82) is 0 Å². The van der Waals surface area contributed by atoms with Crippen LogP contribution in [-0.2, 0) is 13.0 Å². The summed E-state index contributed by atoms with van der Waals surface area (Å²) in [5, 5.41) is 0. The van der Waals surface area contributed by atoms with Crippen LogP contribution < -0.4 is 14.2 Å². The lowest BCUT2D eigenvalue weighted by Crippen LogP contribution is -2.30. The van der Waals surface area contributed by atoms with Gasteiger partial charge in [-0.25, -0.2) is 0 Å². The molecule has 1 aromatic carbocycles. The maximum Gasteiger partial charge on any atom is 0.203 e. The van der Waals surface area contributed by atoms with Crippen LogP contribution in [0.25, 0.3) is 0 Å². The van der Waals surface area contributed by atoms with Crippen LogP contribution in [0.3, 0.4) is 0 Å². The summed E-state index contributed by atoms with van der Waals surface area (Å²) in [6.45, 7) is 5.23. The fraction of sp³-hybridized carbons (Fsp3) is 0.571. The molecule has 0 atom stereocenters. The standard InChI is InChI=1S/C14H21NO3/c1-5-15-7-6-10-8-12(16-2)14(18-4)13(17-3)11(10)9-15/h8H,5-7,9H2,1-4H3. The Labute approximate surface area is 108 Å². The van der Waals surface area contributed by atoms with Crippen molar-refractivity contribution < 1.29 is 14.2 Å². The van der Waals surface area contributed by atoms with Crippen LogP contribution in [0.2, 0.25) is 0 Å². The van der Waals surface area contributed by atoms with Gasteiger partial charge in [0.15, 0.2) is 11.5 Å². The highest BCUT2D eigenvalue weighted by Gasteiger charge is 2.24. The zero-order chi connectivity index (χ0) is 13.1. The van der Waals surface area contributed by atoms with Crippen LogP contribution in [0, 0.1) is 0 Å². The second-order valence-electron chi connectivity index (χ2n) is 4.40. The summed E-state index contributed by atoms with van der Waals surface area (Å²) in [5.74, 6) is 2.25. The molecule has 1 aliphatic rings. The van der Waals surface area contributed by atoms with Crippen LogP contribution >= 0.6 is 0 Å². The number of likely N-dealkylation sites (N-methyl/N-ethyl adjacent to an activating group) is 1. The summed E-state index contributed by atoms with van der Waals surface area (Å²) in [6, 6.07) is 2.07. The van der Waals surface area contributed by atoms with E-state index in [1.165, 1.54) is 11.1 Å². The Morgan fingerprint density at radius 3 is 2.39 bits per heavy atom. The van der Waals surface area contributed by atoms with Gasteiger partial charge in [0.2, 0.25) is 5.75 Å². The Morgan fingerprint density at radius 2 is 1.83 bits per heavy atom. The van der Waals surface area contributed by atoms with E-state index in [9.17, 15) is 0 Å². The molecule has 4 heteroatoms. The Morgan fingerprint density at radius 1 is 1.11 bits per heavy atom. The van der Waals surface area contributed by atoms with Gasteiger partial charge in [0.05, 0.1) is 21.3 Å². The molecule has 1 aromatic rings. The van der Waals surface area contributed by atoms with Crippen molar-refractivity contribution in [2.45, 2.75) is 19.9 Å². The van der Waals surface area contributed by atoms with Gasteiger partial charge in [-0.2, -0.15) is 0 Å². The van der Waals surface area contributed by atoms with Crippen LogP contribution in [0.15, 0.2) is 6.07 Å². The van der Waals surface area contributed by atoms with E-state index in [2.05, 4.69) is 17.9 Å². The number of hydrogen-bond donors (Lipinski definition) is 0. The predicted octanol–water partition coefficient (Wildman–Crippen LogP) is 2.09. The van der Waals surface area contributed by atoms with Crippen molar-refractivity contribution in [3.63, 3.8) is 0 Å². The molecule has 0 radical (unpaired) electrons. The van der Waals surface area contributed by atoms with Gasteiger partial charge in [-0.05, 0) is 24.6 Å². The summed E-state index contributed by atoms with van der Waals surface area (Å²) in [6.07, 6.45) is 1.03. The fourth-order valence-corrected chi connectivity index (χ4v) is 2.51. The third-order valence-electron chi connectivity index (χ3n) is 3.55. The van der Waals surface area contributed by atoms with Crippen molar-refractivity contribution in [3.8, 4) is 17.2 Å². The Bertz CT molecular complexity index is 432. The van der Waals surface area contributed by atoms with Gasteiger partial charge in [0.25, 0.3) is 0 Å². The van der Waals surface area contributed by atoms with Crippen LogP contribution in [-0.4, -0.2) is 39.3 Å².